The second-order valence-electron chi connectivity index (χ2n) is 9.16. The highest BCUT2D eigenvalue weighted by atomic mass is 16.5. The van der Waals surface area contributed by atoms with Gasteiger partial charge >= 0.3 is 0 Å². The first-order valence-corrected chi connectivity index (χ1v) is 10.7. The lowest BCUT2D eigenvalue weighted by molar-refractivity contribution is -0.122. The SMILES string of the molecule is CN(C)CC(=O)NC[C@H]1[C@H]2CN(Cc3cc(-c4ccncc4)no3)C[C@]23CC[C@H]1O3. The molecule has 0 radical (unpaired) electrons. The summed E-state index contributed by atoms with van der Waals surface area (Å²) < 4.78 is 12.1. The highest BCUT2D eigenvalue weighted by Crippen LogP contribution is 2.54. The van der Waals surface area contributed by atoms with Crippen molar-refractivity contribution in [2.45, 2.75) is 31.1 Å². The number of hydrogen-bond acceptors (Lipinski definition) is 7. The van der Waals surface area contributed by atoms with Gasteiger partial charge in [0.05, 0.1) is 24.8 Å². The maximum atomic E-state index is 12.1. The van der Waals surface area contributed by atoms with Crippen molar-refractivity contribution < 1.29 is 14.1 Å². The first kappa shape index (κ1) is 19.7. The lowest BCUT2D eigenvalue weighted by Gasteiger charge is -2.29. The molecular weight excluding hydrogens is 382 g/mol. The predicted octanol–water partition coefficient (Wildman–Crippen LogP) is 1.39. The van der Waals surface area contributed by atoms with Gasteiger partial charge in [-0.1, -0.05) is 5.16 Å². The lowest BCUT2D eigenvalue weighted by Crippen LogP contribution is -2.43. The van der Waals surface area contributed by atoms with Crippen LogP contribution in [-0.4, -0.2) is 77.8 Å². The highest BCUT2D eigenvalue weighted by Gasteiger charge is 2.62. The molecule has 3 aliphatic heterocycles. The first-order chi connectivity index (χ1) is 14.5. The molecule has 2 aromatic heterocycles. The number of nitrogens with zero attached hydrogens (tertiary/aromatic N) is 4. The molecule has 160 valence electrons. The van der Waals surface area contributed by atoms with Gasteiger partial charge in [-0.25, -0.2) is 0 Å². The van der Waals surface area contributed by atoms with E-state index in [0.717, 1.165) is 49.5 Å². The number of likely N-dealkylation sites (tertiary alicyclic amines) is 1. The molecule has 1 N–H and O–H groups in total. The van der Waals surface area contributed by atoms with E-state index >= 15 is 0 Å². The van der Waals surface area contributed by atoms with Gasteiger partial charge in [-0.2, -0.15) is 0 Å². The van der Waals surface area contributed by atoms with Crippen molar-refractivity contribution in [2.75, 3.05) is 40.3 Å². The van der Waals surface area contributed by atoms with Crippen LogP contribution in [0.15, 0.2) is 35.1 Å². The van der Waals surface area contributed by atoms with Crippen LogP contribution in [0.1, 0.15) is 18.6 Å². The van der Waals surface area contributed by atoms with Crippen LogP contribution in [-0.2, 0) is 16.1 Å². The Morgan fingerprint density at radius 1 is 1.37 bits per heavy atom. The molecule has 3 aliphatic rings. The molecular formula is C22H29N5O3. The maximum absolute atomic E-state index is 12.1. The fourth-order valence-electron chi connectivity index (χ4n) is 5.52. The number of pyridine rings is 1. The van der Waals surface area contributed by atoms with E-state index in [4.69, 9.17) is 9.26 Å². The van der Waals surface area contributed by atoms with Gasteiger partial charge in [-0.3, -0.25) is 14.7 Å². The van der Waals surface area contributed by atoms with Gasteiger partial charge in [0.1, 0.15) is 5.69 Å². The molecule has 8 heteroatoms. The fraction of sp³-hybridized carbons (Fsp3) is 0.591. The minimum absolute atomic E-state index is 0.0600. The quantitative estimate of drug-likeness (QED) is 0.737. The average molecular weight is 412 g/mol. The van der Waals surface area contributed by atoms with Gasteiger partial charge in [-0.05, 0) is 39.1 Å². The number of rotatable bonds is 7. The zero-order valence-corrected chi connectivity index (χ0v) is 17.6. The largest absolute Gasteiger partial charge is 0.370 e. The van der Waals surface area contributed by atoms with Gasteiger partial charge < -0.3 is 19.5 Å². The summed E-state index contributed by atoms with van der Waals surface area (Å²) in [6.07, 6.45) is 6.00. The van der Waals surface area contributed by atoms with Gasteiger partial charge in [-0.15, -0.1) is 0 Å². The van der Waals surface area contributed by atoms with Crippen LogP contribution in [0.25, 0.3) is 11.3 Å². The van der Waals surface area contributed by atoms with Gasteiger partial charge in [0.2, 0.25) is 5.91 Å². The molecule has 2 aromatic rings. The van der Waals surface area contributed by atoms with Crippen molar-refractivity contribution >= 4 is 5.91 Å². The third-order valence-corrected chi connectivity index (χ3v) is 6.76. The van der Waals surface area contributed by atoms with Crippen LogP contribution in [0.2, 0.25) is 0 Å². The van der Waals surface area contributed by atoms with Crippen molar-refractivity contribution in [3.8, 4) is 11.3 Å². The Morgan fingerprint density at radius 2 is 2.20 bits per heavy atom. The van der Waals surface area contributed by atoms with Crippen molar-refractivity contribution in [1.29, 1.82) is 0 Å². The summed E-state index contributed by atoms with van der Waals surface area (Å²) >= 11 is 0. The first-order valence-electron chi connectivity index (χ1n) is 10.7. The minimum atomic E-state index is -0.0600. The summed E-state index contributed by atoms with van der Waals surface area (Å²) in [4.78, 5) is 20.5. The summed E-state index contributed by atoms with van der Waals surface area (Å²) in [6.45, 7) is 3.74. The number of fused-ring (bicyclic) bond motifs is 1. The summed E-state index contributed by atoms with van der Waals surface area (Å²) in [7, 11) is 3.82. The average Bonchev–Trinajstić information content (AvgIpc) is 3.47. The van der Waals surface area contributed by atoms with Crippen molar-refractivity contribution in [3.63, 3.8) is 0 Å². The van der Waals surface area contributed by atoms with E-state index in [1.54, 1.807) is 12.4 Å². The van der Waals surface area contributed by atoms with E-state index in [1.165, 1.54) is 0 Å². The number of hydrogen-bond donors (Lipinski definition) is 1. The Kier molecular flexibility index (Phi) is 5.08. The number of carbonyl (C=O) groups excluding carboxylic acids is 1. The fourth-order valence-corrected chi connectivity index (χ4v) is 5.52. The van der Waals surface area contributed by atoms with E-state index in [1.807, 2.05) is 37.2 Å². The molecule has 2 bridgehead atoms. The molecule has 1 spiro atoms. The molecule has 0 unspecified atom stereocenters. The zero-order valence-electron chi connectivity index (χ0n) is 17.6. The number of nitrogens with one attached hydrogen (secondary N) is 1. The van der Waals surface area contributed by atoms with Crippen LogP contribution in [0.4, 0.5) is 0 Å². The number of likely N-dealkylation sites (N-methyl/N-ethyl adjacent to an activating group) is 1. The van der Waals surface area contributed by atoms with Crippen LogP contribution in [0, 0.1) is 11.8 Å². The van der Waals surface area contributed by atoms with E-state index in [0.29, 0.717) is 24.9 Å². The molecule has 30 heavy (non-hydrogen) atoms. The van der Waals surface area contributed by atoms with Crippen molar-refractivity contribution in [3.05, 3.63) is 36.4 Å². The molecule has 3 saturated heterocycles. The second kappa shape index (κ2) is 7.76. The Labute approximate surface area is 176 Å². The van der Waals surface area contributed by atoms with Crippen LogP contribution < -0.4 is 5.32 Å². The molecule has 5 heterocycles. The Balaban J connectivity index is 1.22. The van der Waals surface area contributed by atoms with E-state index in [9.17, 15) is 4.79 Å². The molecule has 0 saturated carbocycles. The number of amides is 1. The number of ether oxygens (including phenoxy) is 1. The van der Waals surface area contributed by atoms with Gasteiger partial charge in [0, 0.05) is 55.5 Å². The van der Waals surface area contributed by atoms with Crippen LogP contribution in [0.5, 0.6) is 0 Å². The monoisotopic (exact) mass is 411 g/mol. The topological polar surface area (TPSA) is 83.7 Å². The Morgan fingerprint density at radius 3 is 3.00 bits per heavy atom. The van der Waals surface area contributed by atoms with E-state index in [2.05, 4.69) is 20.4 Å². The Bertz CT molecular complexity index is 901. The lowest BCUT2D eigenvalue weighted by atomic mass is 9.73. The third kappa shape index (κ3) is 3.64. The molecule has 3 fully saturated rings. The second-order valence-corrected chi connectivity index (χ2v) is 9.16. The van der Waals surface area contributed by atoms with E-state index in [-0.39, 0.29) is 17.6 Å². The summed E-state index contributed by atoms with van der Waals surface area (Å²) in [5, 5.41) is 7.35. The maximum Gasteiger partial charge on any atom is 0.234 e. The molecule has 0 aromatic carbocycles. The highest BCUT2D eigenvalue weighted by molar-refractivity contribution is 5.77. The van der Waals surface area contributed by atoms with Gasteiger partial charge in [0.15, 0.2) is 5.76 Å². The Hall–Kier alpha value is -2.29. The molecule has 4 atom stereocenters. The normalized spacial score (nSPS) is 30.2. The predicted molar refractivity (Wildman–Crippen MR) is 110 cm³/mol. The van der Waals surface area contributed by atoms with Crippen molar-refractivity contribution in [2.24, 2.45) is 11.8 Å². The summed E-state index contributed by atoms with van der Waals surface area (Å²) in [5.74, 6) is 1.79. The minimum Gasteiger partial charge on any atom is -0.370 e. The van der Waals surface area contributed by atoms with Gasteiger partial charge in [0.25, 0.3) is 0 Å². The molecule has 5 rings (SSSR count). The zero-order chi connectivity index (χ0) is 20.7. The molecule has 0 aliphatic carbocycles. The van der Waals surface area contributed by atoms with E-state index < -0.39 is 0 Å². The summed E-state index contributed by atoms with van der Waals surface area (Å²) in [5.41, 5.74) is 1.78. The molecule has 1 amide bonds. The standard InChI is InChI=1S/C22H29N5O3/c1-26(2)13-21(28)24-10-17-18-12-27(14-22(18)6-3-20(17)29-22)11-16-9-19(25-30-16)15-4-7-23-8-5-15/h4-5,7-9,17-18,20H,3,6,10-14H2,1-2H3,(H,24,28)/t17-,18+,20+,22+/m0/s1. The smallest absolute Gasteiger partial charge is 0.234 e. The third-order valence-electron chi connectivity index (χ3n) is 6.76. The summed E-state index contributed by atoms with van der Waals surface area (Å²) in [6, 6.07) is 5.88. The molecule has 8 nitrogen and oxygen atoms in total. The van der Waals surface area contributed by atoms with Crippen LogP contribution >= 0.6 is 0 Å². The van der Waals surface area contributed by atoms with Crippen molar-refractivity contribution in [1.82, 2.24) is 25.3 Å². The number of carbonyl (C=O) groups is 1. The number of aromatic nitrogens is 2. The van der Waals surface area contributed by atoms with Crippen LogP contribution in [0.3, 0.4) is 0 Å².